The number of hydrogen-bond donors (Lipinski definition) is 0. The largest absolute Gasteiger partial charge is 0.353 e. The van der Waals surface area contributed by atoms with Crippen LogP contribution in [0.1, 0.15) is 82.1 Å². The van der Waals surface area contributed by atoms with Gasteiger partial charge in [-0.05, 0) is 63.0 Å². The van der Waals surface area contributed by atoms with Crippen molar-refractivity contribution < 1.29 is 14.3 Å². The molecule has 2 rings (SSSR count). The molecule has 3 heteroatoms. The molecule has 0 aromatic heterocycles. The average Bonchev–Trinajstić information content (AvgIpc) is 2.70. The van der Waals surface area contributed by atoms with Crippen LogP contribution in [0.15, 0.2) is 37.4 Å². The third-order valence-corrected chi connectivity index (χ3v) is 5.14. The van der Waals surface area contributed by atoms with E-state index in [2.05, 4.69) is 39.1 Å². The molecule has 1 unspecified atom stereocenters. The van der Waals surface area contributed by atoms with Crippen molar-refractivity contribution in [3.05, 3.63) is 48.6 Å². The summed E-state index contributed by atoms with van der Waals surface area (Å²) in [5, 5.41) is 0. The van der Waals surface area contributed by atoms with Crippen LogP contribution in [-0.2, 0) is 9.47 Å². The summed E-state index contributed by atoms with van der Waals surface area (Å²) < 4.78 is 10.1. The zero-order valence-corrected chi connectivity index (χ0v) is 18.1. The van der Waals surface area contributed by atoms with Gasteiger partial charge in [-0.1, -0.05) is 44.9 Å². The van der Waals surface area contributed by atoms with Gasteiger partial charge in [-0.3, -0.25) is 4.79 Å². The molecule has 0 amide bonds. The quantitative estimate of drug-likeness (QED) is 0.304. The highest BCUT2D eigenvalue weighted by Crippen LogP contribution is 2.37. The van der Waals surface area contributed by atoms with Gasteiger partial charge in [-0.2, -0.15) is 0 Å². The predicted molar refractivity (Wildman–Crippen MR) is 115 cm³/mol. The molecule has 154 valence electrons. The van der Waals surface area contributed by atoms with E-state index in [4.69, 9.17) is 9.47 Å². The minimum Gasteiger partial charge on any atom is -0.353 e. The third-order valence-electron chi connectivity index (χ3n) is 5.14. The Morgan fingerprint density at radius 2 is 1.63 bits per heavy atom. The summed E-state index contributed by atoms with van der Waals surface area (Å²) in [7, 11) is 0. The summed E-state index contributed by atoms with van der Waals surface area (Å²) in [6.07, 6.45) is 6.32. The van der Waals surface area contributed by atoms with Crippen molar-refractivity contribution in [2.24, 2.45) is 11.8 Å². The fourth-order valence-corrected chi connectivity index (χ4v) is 3.49. The van der Waals surface area contributed by atoms with Crippen LogP contribution in [0.3, 0.4) is 0 Å². The number of rotatable bonds is 7. The fourth-order valence-electron chi connectivity index (χ4n) is 3.49. The molecular weight excluding hydrogens is 336 g/mol. The first-order valence-electron chi connectivity index (χ1n) is 10.3. The third kappa shape index (κ3) is 10.5. The molecule has 0 spiro atoms. The highest BCUT2D eigenvalue weighted by Gasteiger charge is 2.24. The molecule has 0 radical (unpaired) electrons. The molecule has 0 N–H and O–H groups in total. The normalized spacial score (nSPS) is 19.9. The fraction of sp³-hybridized carbons (Fsp3) is 0.625. The molecule has 1 aromatic carbocycles. The molecule has 0 aliphatic heterocycles. The van der Waals surface area contributed by atoms with Crippen LogP contribution in [0.2, 0.25) is 0 Å². The van der Waals surface area contributed by atoms with Crippen molar-refractivity contribution in [2.45, 2.75) is 72.5 Å². The predicted octanol–water partition coefficient (Wildman–Crippen LogP) is 6.64. The number of benzene rings is 1. The molecule has 0 saturated heterocycles. The molecule has 0 bridgehead atoms. The number of ether oxygens (including phenoxy) is 2. The highest BCUT2D eigenvalue weighted by molar-refractivity contribution is 5.75. The lowest BCUT2D eigenvalue weighted by molar-refractivity contribution is -0.123. The standard InChI is InChI=1S/C16H22O.C6H14O2.C2H4/c1-12-6-8-15(9-7-12)13(2)16-5-3-4-14(10-16)11-17;1-4-7-6(3)8-5-2;1-2/h3-5,10-13,15H,6-9H2,1-2H3;6H,4-5H2,1-3H3;1-2H2. The molecule has 1 aromatic rings. The van der Waals surface area contributed by atoms with Crippen molar-refractivity contribution in [3.8, 4) is 0 Å². The van der Waals surface area contributed by atoms with Gasteiger partial charge in [-0.25, -0.2) is 0 Å². The van der Waals surface area contributed by atoms with Gasteiger partial charge < -0.3 is 9.47 Å². The first-order valence-corrected chi connectivity index (χ1v) is 10.3. The van der Waals surface area contributed by atoms with E-state index in [-0.39, 0.29) is 6.29 Å². The molecule has 27 heavy (non-hydrogen) atoms. The van der Waals surface area contributed by atoms with E-state index < -0.39 is 0 Å². The Balaban J connectivity index is 0.000000574. The van der Waals surface area contributed by atoms with Gasteiger partial charge in [0.1, 0.15) is 6.29 Å². The maximum Gasteiger partial charge on any atom is 0.154 e. The van der Waals surface area contributed by atoms with E-state index in [0.29, 0.717) is 5.92 Å². The Kier molecular flexibility index (Phi) is 14.8. The first kappa shape index (κ1) is 25.6. The average molecular weight is 377 g/mol. The Labute approximate surface area is 167 Å². The van der Waals surface area contributed by atoms with Gasteiger partial charge in [0.15, 0.2) is 6.29 Å². The topological polar surface area (TPSA) is 35.5 Å². The summed E-state index contributed by atoms with van der Waals surface area (Å²) in [5.41, 5.74) is 2.13. The zero-order valence-electron chi connectivity index (χ0n) is 18.1. The molecule has 1 fully saturated rings. The first-order chi connectivity index (χ1) is 13.0. The van der Waals surface area contributed by atoms with E-state index >= 15 is 0 Å². The summed E-state index contributed by atoms with van der Waals surface area (Å²) >= 11 is 0. The molecular formula is C24H40O3. The molecule has 1 atom stereocenters. The lowest BCUT2D eigenvalue weighted by atomic mass is 9.74. The zero-order chi connectivity index (χ0) is 20.7. The summed E-state index contributed by atoms with van der Waals surface area (Å²) in [5.74, 6) is 2.29. The van der Waals surface area contributed by atoms with E-state index in [0.717, 1.165) is 36.9 Å². The highest BCUT2D eigenvalue weighted by atomic mass is 16.7. The van der Waals surface area contributed by atoms with Gasteiger partial charge in [0.2, 0.25) is 0 Å². The van der Waals surface area contributed by atoms with Gasteiger partial charge in [0.05, 0.1) is 0 Å². The summed E-state index contributed by atoms with van der Waals surface area (Å²) in [6.45, 7) is 17.9. The van der Waals surface area contributed by atoms with Crippen molar-refractivity contribution in [3.63, 3.8) is 0 Å². The van der Waals surface area contributed by atoms with Crippen LogP contribution in [0.4, 0.5) is 0 Å². The number of carbonyl (C=O) groups excluding carboxylic acids is 1. The molecule has 0 heterocycles. The Hall–Kier alpha value is -1.45. The van der Waals surface area contributed by atoms with Crippen molar-refractivity contribution in [1.29, 1.82) is 0 Å². The van der Waals surface area contributed by atoms with E-state index in [1.54, 1.807) is 0 Å². The van der Waals surface area contributed by atoms with Gasteiger partial charge in [0, 0.05) is 18.8 Å². The van der Waals surface area contributed by atoms with E-state index in [9.17, 15) is 4.79 Å². The molecule has 1 aliphatic carbocycles. The second-order valence-electron chi connectivity index (χ2n) is 7.07. The monoisotopic (exact) mass is 376 g/mol. The molecule has 3 nitrogen and oxygen atoms in total. The van der Waals surface area contributed by atoms with Gasteiger partial charge >= 0.3 is 0 Å². The van der Waals surface area contributed by atoms with Crippen molar-refractivity contribution >= 4 is 6.29 Å². The van der Waals surface area contributed by atoms with Crippen LogP contribution >= 0.6 is 0 Å². The number of aldehydes is 1. The number of carbonyl (C=O) groups is 1. The van der Waals surface area contributed by atoms with Gasteiger partial charge in [-0.15, -0.1) is 13.2 Å². The van der Waals surface area contributed by atoms with Crippen LogP contribution < -0.4 is 0 Å². The minimum atomic E-state index is -0.0370. The van der Waals surface area contributed by atoms with Gasteiger partial charge in [0.25, 0.3) is 0 Å². The Bertz CT molecular complexity index is 486. The smallest absolute Gasteiger partial charge is 0.154 e. The minimum absolute atomic E-state index is 0.0370. The van der Waals surface area contributed by atoms with Crippen molar-refractivity contribution in [1.82, 2.24) is 0 Å². The van der Waals surface area contributed by atoms with Crippen LogP contribution in [0, 0.1) is 11.8 Å². The van der Waals surface area contributed by atoms with Crippen molar-refractivity contribution in [2.75, 3.05) is 13.2 Å². The lowest BCUT2D eigenvalue weighted by Crippen LogP contribution is -2.17. The van der Waals surface area contributed by atoms with Crippen LogP contribution in [-0.4, -0.2) is 25.8 Å². The summed E-state index contributed by atoms with van der Waals surface area (Å²) in [4.78, 5) is 10.8. The molecule has 1 aliphatic rings. The maximum atomic E-state index is 10.8. The maximum absolute atomic E-state index is 10.8. The summed E-state index contributed by atoms with van der Waals surface area (Å²) in [6, 6.07) is 8.10. The SMILES string of the molecule is C=C.CC1CCC(C(C)c2cccc(C=O)c2)CC1.CCOC(C)OCC. The number of hydrogen-bond acceptors (Lipinski definition) is 3. The second kappa shape index (κ2) is 15.6. The van der Waals surface area contributed by atoms with E-state index in [1.165, 1.54) is 31.2 Å². The van der Waals surface area contributed by atoms with Crippen LogP contribution in [0.5, 0.6) is 0 Å². The van der Waals surface area contributed by atoms with E-state index in [1.807, 2.05) is 32.9 Å². The Morgan fingerprint density at radius 3 is 2.11 bits per heavy atom. The molecule has 1 saturated carbocycles. The second-order valence-corrected chi connectivity index (χ2v) is 7.07. The van der Waals surface area contributed by atoms with Crippen LogP contribution in [0.25, 0.3) is 0 Å². The Morgan fingerprint density at radius 1 is 1.07 bits per heavy atom. The lowest BCUT2D eigenvalue weighted by Gasteiger charge is -2.31.